The molecule has 0 saturated heterocycles. The van der Waals surface area contributed by atoms with Crippen molar-refractivity contribution in [2.24, 2.45) is 4.40 Å². The molecule has 0 saturated carbocycles. The van der Waals surface area contributed by atoms with E-state index < -0.39 is 10.2 Å². The molecule has 1 heterocycles. The average molecular weight is 236 g/mol. The quantitative estimate of drug-likeness (QED) is 0.807. The molecule has 2 rings (SSSR count). The summed E-state index contributed by atoms with van der Waals surface area (Å²) in [6, 6.07) is 9.59. The minimum atomic E-state index is -3.54. The topological polar surface area (TPSA) is 58.5 Å². The highest BCUT2D eigenvalue weighted by molar-refractivity contribution is 7.88. The third-order valence-electron chi connectivity index (χ3n) is 2.34. The molecule has 4 nitrogen and oxygen atoms in total. The first kappa shape index (κ1) is 10.9. The van der Waals surface area contributed by atoms with Gasteiger partial charge in [0.2, 0.25) is 0 Å². The van der Waals surface area contributed by atoms with Crippen molar-refractivity contribution in [2.45, 2.75) is 13.8 Å². The summed E-state index contributed by atoms with van der Waals surface area (Å²) < 4.78 is 28.7. The summed E-state index contributed by atoms with van der Waals surface area (Å²) in [5.41, 5.74) is 2.93. The van der Waals surface area contributed by atoms with Gasteiger partial charge >= 0.3 is 10.2 Å². The minimum absolute atomic E-state index is 0.516. The van der Waals surface area contributed by atoms with Gasteiger partial charge < -0.3 is 0 Å². The summed E-state index contributed by atoms with van der Waals surface area (Å²) >= 11 is 0. The molecule has 0 spiro atoms. The molecule has 0 aliphatic carbocycles. The van der Waals surface area contributed by atoms with Crippen molar-refractivity contribution in [3.63, 3.8) is 0 Å². The van der Waals surface area contributed by atoms with Crippen LogP contribution in [0.15, 0.2) is 40.4 Å². The Balaban J connectivity index is 2.56. The molecule has 16 heavy (non-hydrogen) atoms. The number of rotatable bonds is 1. The fraction of sp³-hybridized carbons (Fsp3) is 0.182. The first-order chi connectivity index (χ1) is 7.49. The second kappa shape index (κ2) is 3.75. The molecule has 1 aromatic rings. The first-order valence-corrected chi connectivity index (χ1v) is 6.29. The van der Waals surface area contributed by atoms with Crippen LogP contribution in [0.5, 0.6) is 0 Å². The molecule has 1 aliphatic heterocycles. The molecule has 0 bridgehead atoms. The van der Waals surface area contributed by atoms with Crippen LogP contribution in [0.4, 0.5) is 0 Å². The molecule has 1 aromatic carbocycles. The Bertz CT molecular complexity index is 571. The molecule has 0 radical (unpaired) electrons. The normalized spacial score (nSPS) is 19.0. The second-order valence-electron chi connectivity index (χ2n) is 3.62. The van der Waals surface area contributed by atoms with E-state index in [0.717, 1.165) is 11.1 Å². The Morgan fingerprint density at radius 2 is 1.75 bits per heavy atom. The lowest BCUT2D eigenvalue weighted by Crippen LogP contribution is -2.27. The molecule has 0 amide bonds. The van der Waals surface area contributed by atoms with Gasteiger partial charge in [0.1, 0.15) is 0 Å². The van der Waals surface area contributed by atoms with Gasteiger partial charge in [-0.3, -0.25) is 4.72 Å². The standard InChI is InChI=1S/C11H12N2O2S/c1-8-11(10-6-4-3-5-7-10)9(2)13-16(14,15)12-8/h3-7,12H,1-2H3. The predicted molar refractivity (Wildman–Crippen MR) is 64.2 cm³/mol. The summed E-state index contributed by atoms with van der Waals surface area (Å²) in [5, 5.41) is 0. The Kier molecular flexibility index (Phi) is 2.55. The fourth-order valence-electron chi connectivity index (χ4n) is 1.79. The molecule has 1 N–H and O–H groups in total. The van der Waals surface area contributed by atoms with Crippen LogP contribution in [0, 0.1) is 0 Å². The van der Waals surface area contributed by atoms with Crippen molar-refractivity contribution in [1.29, 1.82) is 0 Å². The zero-order valence-electron chi connectivity index (χ0n) is 9.06. The Morgan fingerprint density at radius 1 is 1.12 bits per heavy atom. The maximum atomic E-state index is 11.3. The molecular weight excluding hydrogens is 224 g/mol. The number of hydrogen-bond donors (Lipinski definition) is 1. The Hall–Kier alpha value is -1.62. The van der Waals surface area contributed by atoms with E-state index in [1.165, 1.54) is 0 Å². The molecule has 0 aromatic heterocycles. The van der Waals surface area contributed by atoms with Crippen LogP contribution in [0.25, 0.3) is 5.57 Å². The molecule has 0 unspecified atom stereocenters. The van der Waals surface area contributed by atoms with Gasteiger partial charge in [-0.25, -0.2) is 0 Å². The Labute approximate surface area is 94.9 Å². The van der Waals surface area contributed by atoms with Crippen molar-refractivity contribution in [3.8, 4) is 0 Å². The van der Waals surface area contributed by atoms with Crippen LogP contribution in [-0.4, -0.2) is 14.1 Å². The van der Waals surface area contributed by atoms with Gasteiger partial charge in [-0.2, -0.15) is 8.42 Å². The van der Waals surface area contributed by atoms with Gasteiger partial charge in [0.05, 0.1) is 5.71 Å². The largest absolute Gasteiger partial charge is 0.342 e. The van der Waals surface area contributed by atoms with Crippen LogP contribution < -0.4 is 4.72 Å². The molecule has 5 heteroatoms. The molecule has 84 valence electrons. The van der Waals surface area contributed by atoms with Crippen LogP contribution in [0.1, 0.15) is 19.4 Å². The van der Waals surface area contributed by atoms with Crippen molar-refractivity contribution >= 4 is 21.5 Å². The fourth-order valence-corrected chi connectivity index (χ4v) is 2.78. The molecular formula is C11H12N2O2S. The van der Waals surface area contributed by atoms with Crippen LogP contribution in [-0.2, 0) is 10.2 Å². The highest BCUT2D eigenvalue weighted by Crippen LogP contribution is 2.23. The maximum absolute atomic E-state index is 11.3. The molecule has 1 aliphatic rings. The second-order valence-corrected chi connectivity index (χ2v) is 4.96. The number of benzene rings is 1. The molecule has 0 atom stereocenters. The third kappa shape index (κ3) is 1.99. The van der Waals surface area contributed by atoms with E-state index in [1.54, 1.807) is 13.8 Å². The van der Waals surface area contributed by atoms with Crippen LogP contribution in [0.3, 0.4) is 0 Å². The van der Waals surface area contributed by atoms with Gasteiger partial charge in [0.25, 0.3) is 0 Å². The van der Waals surface area contributed by atoms with Crippen molar-refractivity contribution in [2.75, 3.05) is 0 Å². The smallest absolute Gasteiger partial charge is 0.269 e. The summed E-state index contributed by atoms with van der Waals surface area (Å²) in [5.74, 6) is 0. The van der Waals surface area contributed by atoms with E-state index in [-0.39, 0.29) is 0 Å². The van der Waals surface area contributed by atoms with E-state index in [2.05, 4.69) is 9.12 Å². The highest BCUT2D eigenvalue weighted by Gasteiger charge is 2.20. The lowest BCUT2D eigenvalue weighted by Gasteiger charge is -2.18. The summed E-state index contributed by atoms with van der Waals surface area (Å²) in [6.07, 6.45) is 0. The Morgan fingerprint density at radius 3 is 2.31 bits per heavy atom. The van der Waals surface area contributed by atoms with E-state index >= 15 is 0 Å². The average Bonchev–Trinajstić information content (AvgIpc) is 2.16. The van der Waals surface area contributed by atoms with Crippen LogP contribution in [0.2, 0.25) is 0 Å². The number of nitrogens with zero attached hydrogens (tertiary/aromatic N) is 1. The lowest BCUT2D eigenvalue weighted by atomic mass is 10.0. The zero-order chi connectivity index (χ0) is 11.8. The van der Waals surface area contributed by atoms with Crippen LogP contribution >= 0.6 is 0 Å². The van der Waals surface area contributed by atoms with E-state index in [9.17, 15) is 8.42 Å². The summed E-state index contributed by atoms with van der Waals surface area (Å²) in [4.78, 5) is 0. The van der Waals surface area contributed by atoms with Crippen molar-refractivity contribution in [1.82, 2.24) is 4.72 Å². The predicted octanol–water partition coefficient (Wildman–Crippen LogP) is 1.73. The van der Waals surface area contributed by atoms with Gasteiger partial charge in [-0.15, -0.1) is 4.40 Å². The monoisotopic (exact) mass is 236 g/mol. The van der Waals surface area contributed by atoms with Gasteiger partial charge in [0.15, 0.2) is 0 Å². The van der Waals surface area contributed by atoms with E-state index in [1.807, 2.05) is 30.3 Å². The summed E-state index contributed by atoms with van der Waals surface area (Å²) in [6.45, 7) is 3.43. The number of nitrogens with one attached hydrogen (secondary N) is 1. The lowest BCUT2D eigenvalue weighted by molar-refractivity contribution is 0.590. The number of allylic oxidation sites excluding steroid dienone is 2. The van der Waals surface area contributed by atoms with Crippen molar-refractivity contribution < 1.29 is 8.42 Å². The SMILES string of the molecule is CC1=NS(=O)(=O)NC(C)=C1c1ccccc1. The first-order valence-electron chi connectivity index (χ1n) is 4.85. The molecule has 0 fully saturated rings. The highest BCUT2D eigenvalue weighted by atomic mass is 32.2. The van der Waals surface area contributed by atoms with Gasteiger partial charge in [-0.05, 0) is 19.4 Å². The summed E-state index contributed by atoms with van der Waals surface area (Å²) in [7, 11) is -3.54. The zero-order valence-corrected chi connectivity index (χ0v) is 9.88. The van der Waals surface area contributed by atoms with E-state index in [0.29, 0.717) is 11.4 Å². The van der Waals surface area contributed by atoms with Crippen molar-refractivity contribution in [3.05, 3.63) is 41.6 Å². The number of hydrogen-bond acceptors (Lipinski definition) is 2. The van der Waals surface area contributed by atoms with E-state index in [4.69, 9.17) is 0 Å². The van der Waals surface area contributed by atoms with Gasteiger partial charge in [0, 0.05) is 11.3 Å². The maximum Gasteiger partial charge on any atom is 0.342 e. The minimum Gasteiger partial charge on any atom is -0.269 e. The third-order valence-corrected chi connectivity index (χ3v) is 3.42. The van der Waals surface area contributed by atoms with Gasteiger partial charge in [-0.1, -0.05) is 30.3 Å².